The van der Waals surface area contributed by atoms with Crippen LogP contribution in [0, 0.1) is 11.3 Å². The molecule has 2 unspecified atom stereocenters. The van der Waals surface area contributed by atoms with Gasteiger partial charge in [-0.15, -0.1) is 5.10 Å². The molecule has 0 radical (unpaired) electrons. The van der Waals surface area contributed by atoms with Crippen LogP contribution in [0.2, 0.25) is 0 Å². The zero-order valence-electron chi connectivity index (χ0n) is 10.5. The summed E-state index contributed by atoms with van der Waals surface area (Å²) in [6.45, 7) is 8.96. The number of aromatic nitrogens is 3. The Hall–Kier alpha value is -0.900. The summed E-state index contributed by atoms with van der Waals surface area (Å²) in [7, 11) is 0. The molecule has 4 nitrogen and oxygen atoms in total. The first-order valence-electron chi connectivity index (χ1n) is 6.14. The lowest BCUT2D eigenvalue weighted by Gasteiger charge is -2.18. The van der Waals surface area contributed by atoms with Gasteiger partial charge in [-0.25, -0.2) is 0 Å². The van der Waals surface area contributed by atoms with Crippen LogP contribution >= 0.6 is 0 Å². The van der Waals surface area contributed by atoms with Gasteiger partial charge < -0.3 is 5.32 Å². The second-order valence-corrected chi connectivity index (χ2v) is 5.78. The van der Waals surface area contributed by atoms with E-state index in [4.69, 9.17) is 0 Å². The molecule has 16 heavy (non-hydrogen) atoms. The number of rotatable bonds is 4. The molecular weight excluding hydrogens is 200 g/mol. The molecule has 1 fully saturated rings. The number of hydrogen-bond donors (Lipinski definition) is 1. The van der Waals surface area contributed by atoms with E-state index in [2.05, 4.69) is 36.4 Å². The van der Waals surface area contributed by atoms with E-state index < -0.39 is 0 Å². The van der Waals surface area contributed by atoms with Crippen LogP contribution in [0.15, 0.2) is 12.4 Å². The minimum atomic E-state index is 0.504. The normalized spacial score (nSPS) is 28.4. The van der Waals surface area contributed by atoms with Crippen LogP contribution in [0.25, 0.3) is 0 Å². The van der Waals surface area contributed by atoms with E-state index in [9.17, 15) is 0 Å². The first-order valence-corrected chi connectivity index (χ1v) is 6.14. The van der Waals surface area contributed by atoms with Crippen LogP contribution in [-0.2, 0) is 6.54 Å². The molecule has 2 atom stereocenters. The van der Waals surface area contributed by atoms with Gasteiger partial charge in [0.1, 0.15) is 0 Å². The SMILES string of the molecule is CC1CC(C)(C)CC1NCCn1ccnn1. The Labute approximate surface area is 97.4 Å². The van der Waals surface area contributed by atoms with Gasteiger partial charge in [-0.2, -0.15) is 0 Å². The Balaban J connectivity index is 1.74. The largest absolute Gasteiger partial charge is 0.312 e. The lowest BCUT2D eigenvalue weighted by atomic mass is 9.91. The van der Waals surface area contributed by atoms with Crippen molar-refractivity contribution in [2.75, 3.05) is 6.54 Å². The Morgan fingerprint density at radius 1 is 1.44 bits per heavy atom. The lowest BCUT2D eigenvalue weighted by molar-refractivity contribution is 0.361. The fourth-order valence-corrected chi connectivity index (χ4v) is 2.88. The van der Waals surface area contributed by atoms with Crippen molar-refractivity contribution < 1.29 is 0 Å². The quantitative estimate of drug-likeness (QED) is 0.843. The molecule has 0 amide bonds. The molecule has 1 aromatic rings. The molecule has 0 aliphatic heterocycles. The van der Waals surface area contributed by atoms with Crippen molar-refractivity contribution in [2.24, 2.45) is 11.3 Å². The van der Waals surface area contributed by atoms with E-state index in [0.717, 1.165) is 19.0 Å². The topological polar surface area (TPSA) is 42.7 Å². The van der Waals surface area contributed by atoms with Crippen molar-refractivity contribution in [3.8, 4) is 0 Å². The van der Waals surface area contributed by atoms with Gasteiger partial charge in [-0.05, 0) is 24.2 Å². The third kappa shape index (κ3) is 2.82. The molecular formula is C12H22N4. The van der Waals surface area contributed by atoms with Gasteiger partial charge in [0.2, 0.25) is 0 Å². The molecule has 1 aliphatic carbocycles. The summed E-state index contributed by atoms with van der Waals surface area (Å²) >= 11 is 0. The number of nitrogens with zero attached hydrogens (tertiary/aromatic N) is 3. The molecule has 2 rings (SSSR count). The standard InChI is InChI=1S/C12H22N4/c1-10-8-12(2,3)9-11(10)13-4-6-16-7-5-14-15-16/h5,7,10-11,13H,4,6,8-9H2,1-3H3. The van der Waals surface area contributed by atoms with Crippen LogP contribution in [-0.4, -0.2) is 27.6 Å². The Morgan fingerprint density at radius 2 is 2.25 bits per heavy atom. The molecule has 1 heterocycles. The van der Waals surface area contributed by atoms with Crippen molar-refractivity contribution in [1.82, 2.24) is 20.3 Å². The van der Waals surface area contributed by atoms with E-state index in [1.165, 1.54) is 12.8 Å². The predicted molar refractivity (Wildman–Crippen MR) is 64.0 cm³/mol. The van der Waals surface area contributed by atoms with Gasteiger partial charge in [-0.3, -0.25) is 4.68 Å². The number of hydrogen-bond acceptors (Lipinski definition) is 3. The summed E-state index contributed by atoms with van der Waals surface area (Å²) < 4.78 is 1.87. The van der Waals surface area contributed by atoms with Crippen LogP contribution in [0.1, 0.15) is 33.6 Å². The minimum absolute atomic E-state index is 0.504. The maximum atomic E-state index is 3.95. The van der Waals surface area contributed by atoms with Crippen molar-refractivity contribution in [2.45, 2.75) is 46.2 Å². The minimum Gasteiger partial charge on any atom is -0.312 e. The molecule has 1 saturated carbocycles. The zero-order valence-corrected chi connectivity index (χ0v) is 10.5. The molecule has 0 aromatic carbocycles. The van der Waals surface area contributed by atoms with Gasteiger partial charge in [0.25, 0.3) is 0 Å². The lowest BCUT2D eigenvalue weighted by Crippen LogP contribution is -2.34. The summed E-state index contributed by atoms with van der Waals surface area (Å²) in [6, 6.07) is 0.665. The maximum absolute atomic E-state index is 3.95. The van der Waals surface area contributed by atoms with Crippen LogP contribution in [0.3, 0.4) is 0 Å². The Morgan fingerprint density at radius 3 is 2.81 bits per heavy atom. The zero-order chi connectivity index (χ0) is 11.6. The fraction of sp³-hybridized carbons (Fsp3) is 0.833. The Kier molecular flexibility index (Phi) is 3.28. The van der Waals surface area contributed by atoms with Crippen LogP contribution in [0.4, 0.5) is 0 Å². The van der Waals surface area contributed by atoms with Crippen molar-refractivity contribution in [3.05, 3.63) is 12.4 Å². The van der Waals surface area contributed by atoms with Crippen molar-refractivity contribution >= 4 is 0 Å². The smallest absolute Gasteiger partial charge is 0.0692 e. The molecule has 1 aliphatic rings. The second kappa shape index (κ2) is 4.53. The summed E-state index contributed by atoms with van der Waals surface area (Å²) in [6.07, 6.45) is 6.24. The molecule has 4 heteroatoms. The highest BCUT2D eigenvalue weighted by atomic mass is 15.4. The summed E-state index contributed by atoms with van der Waals surface area (Å²) in [5.74, 6) is 0.783. The molecule has 1 aromatic heterocycles. The summed E-state index contributed by atoms with van der Waals surface area (Å²) in [5, 5.41) is 11.4. The molecule has 0 bridgehead atoms. The Bertz CT molecular complexity index is 318. The molecule has 0 saturated heterocycles. The van der Waals surface area contributed by atoms with E-state index in [1.54, 1.807) is 6.20 Å². The first kappa shape index (κ1) is 11.6. The third-order valence-corrected chi connectivity index (χ3v) is 3.55. The van der Waals surface area contributed by atoms with Crippen molar-refractivity contribution in [3.63, 3.8) is 0 Å². The second-order valence-electron chi connectivity index (χ2n) is 5.78. The van der Waals surface area contributed by atoms with E-state index >= 15 is 0 Å². The predicted octanol–water partition coefficient (Wildman–Crippen LogP) is 1.69. The van der Waals surface area contributed by atoms with E-state index in [1.807, 2.05) is 10.9 Å². The van der Waals surface area contributed by atoms with Gasteiger partial charge in [0.05, 0.1) is 12.7 Å². The van der Waals surface area contributed by atoms with Crippen molar-refractivity contribution in [1.29, 1.82) is 0 Å². The number of nitrogens with one attached hydrogen (secondary N) is 1. The average molecular weight is 222 g/mol. The third-order valence-electron chi connectivity index (χ3n) is 3.55. The highest BCUT2D eigenvalue weighted by molar-refractivity contribution is 4.90. The summed E-state index contributed by atoms with van der Waals surface area (Å²) in [5.41, 5.74) is 0.504. The first-order chi connectivity index (χ1) is 7.57. The highest BCUT2D eigenvalue weighted by Crippen LogP contribution is 2.40. The van der Waals surface area contributed by atoms with Gasteiger partial charge in [-0.1, -0.05) is 26.0 Å². The fourth-order valence-electron chi connectivity index (χ4n) is 2.88. The van der Waals surface area contributed by atoms with E-state index in [-0.39, 0.29) is 0 Å². The van der Waals surface area contributed by atoms with Gasteiger partial charge in [0.15, 0.2) is 0 Å². The monoisotopic (exact) mass is 222 g/mol. The van der Waals surface area contributed by atoms with E-state index in [0.29, 0.717) is 11.5 Å². The molecule has 90 valence electrons. The molecule has 1 N–H and O–H groups in total. The van der Waals surface area contributed by atoms with Crippen LogP contribution < -0.4 is 5.32 Å². The van der Waals surface area contributed by atoms with Gasteiger partial charge >= 0.3 is 0 Å². The highest BCUT2D eigenvalue weighted by Gasteiger charge is 2.35. The summed E-state index contributed by atoms with van der Waals surface area (Å²) in [4.78, 5) is 0. The average Bonchev–Trinajstić information content (AvgIpc) is 2.75. The van der Waals surface area contributed by atoms with Crippen LogP contribution in [0.5, 0.6) is 0 Å². The maximum Gasteiger partial charge on any atom is 0.0692 e. The van der Waals surface area contributed by atoms with Gasteiger partial charge in [0, 0.05) is 18.8 Å². The molecule has 0 spiro atoms.